The number of aliphatic hydroxyl groups excluding tert-OH is 1. The van der Waals surface area contributed by atoms with Crippen LogP contribution in [0.1, 0.15) is 16.8 Å². The molecule has 0 aliphatic rings. The standard InChI is InChI=1S/C9H11NO/c1-6-4-9(8(3)11)7(2)10-5-6/h4-5,11H,3H2,1-2H3. The summed E-state index contributed by atoms with van der Waals surface area (Å²) in [6.45, 7) is 7.22. The van der Waals surface area contributed by atoms with Gasteiger partial charge in [-0.3, -0.25) is 4.98 Å². The van der Waals surface area contributed by atoms with Gasteiger partial charge in [-0.05, 0) is 25.5 Å². The summed E-state index contributed by atoms with van der Waals surface area (Å²) in [6.07, 6.45) is 1.77. The molecule has 0 saturated heterocycles. The number of pyridine rings is 1. The molecule has 2 heteroatoms. The van der Waals surface area contributed by atoms with E-state index in [-0.39, 0.29) is 5.76 Å². The quantitative estimate of drug-likeness (QED) is 0.621. The first-order valence-corrected chi connectivity index (χ1v) is 3.42. The molecule has 0 aromatic carbocycles. The van der Waals surface area contributed by atoms with Crippen molar-refractivity contribution in [2.24, 2.45) is 0 Å². The van der Waals surface area contributed by atoms with Crippen LogP contribution in [0.2, 0.25) is 0 Å². The van der Waals surface area contributed by atoms with E-state index in [1.807, 2.05) is 19.9 Å². The van der Waals surface area contributed by atoms with Gasteiger partial charge in [0.15, 0.2) is 0 Å². The molecule has 1 rings (SSSR count). The Morgan fingerprint density at radius 1 is 1.55 bits per heavy atom. The summed E-state index contributed by atoms with van der Waals surface area (Å²) in [7, 11) is 0. The van der Waals surface area contributed by atoms with E-state index in [0.29, 0.717) is 0 Å². The Morgan fingerprint density at radius 3 is 2.64 bits per heavy atom. The Labute approximate surface area is 66.2 Å². The summed E-state index contributed by atoms with van der Waals surface area (Å²) < 4.78 is 0. The highest BCUT2D eigenvalue weighted by Gasteiger charge is 2.01. The van der Waals surface area contributed by atoms with Crippen LogP contribution in [-0.2, 0) is 0 Å². The van der Waals surface area contributed by atoms with E-state index in [9.17, 15) is 0 Å². The minimum Gasteiger partial charge on any atom is -0.508 e. The molecule has 1 N–H and O–H groups in total. The van der Waals surface area contributed by atoms with Gasteiger partial charge in [0.1, 0.15) is 5.76 Å². The van der Waals surface area contributed by atoms with Gasteiger partial charge in [0.25, 0.3) is 0 Å². The highest BCUT2D eigenvalue weighted by Crippen LogP contribution is 2.13. The lowest BCUT2D eigenvalue weighted by molar-refractivity contribution is 0.512. The molecular weight excluding hydrogens is 138 g/mol. The normalized spacial score (nSPS) is 9.64. The second-order valence-electron chi connectivity index (χ2n) is 2.59. The molecule has 1 aromatic heterocycles. The molecule has 0 amide bonds. The van der Waals surface area contributed by atoms with E-state index in [1.54, 1.807) is 6.20 Å². The average molecular weight is 149 g/mol. The largest absolute Gasteiger partial charge is 0.508 e. The molecule has 0 spiro atoms. The number of hydrogen-bond acceptors (Lipinski definition) is 2. The van der Waals surface area contributed by atoms with Crippen molar-refractivity contribution in [2.75, 3.05) is 0 Å². The fourth-order valence-corrected chi connectivity index (χ4v) is 0.930. The SMILES string of the molecule is C=C(O)c1cc(C)cnc1C. The highest BCUT2D eigenvalue weighted by molar-refractivity contribution is 5.58. The lowest BCUT2D eigenvalue weighted by Crippen LogP contribution is -1.91. The van der Waals surface area contributed by atoms with Crippen molar-refractivity contribution in [3.05, 3.63) is 35.7 Å². The van der Waals surface area contributed by atoms with Crippen LogP contribution in [0.5, 0.6) is 0 Å². The molecule has 0 aliphatic heterocycles. The van der Waals surface area contributed by atoms with Gasteiger partial charge in [-0.15, -0.1) is 0 Å². The van der Waals surface area contributed by atoms with Crippen molar-refractivity contribution < 1.29 is 5.11 Å². The van der Waals surface area contributed by atoms with E-state index in [0.717, 1.165) is 16.8 Å². The predicted octanol–water partition coefficient (Wildman–Crippen LogP) is 2.23. The number of hydrogen-bond donors (Lipinski definition) is 1. The van der Waals surface area contributed by atoms with E-state index >= 15 is 0 Å². The number of aromatic nitrogens is 1. The molecule has 0 fully saturated rings. The van der Waals surface area contributed by atoms with Gasteiger partial charge >= 0.3 is 0 Å². The van der Waals surface area contributed by atoms with Crippen LogP contribution in [0.4, 0.5) is 0 Å². The zero-order valence-electron chi connectivity index (χ0n) is 6.76. The van der Waals surface area contributed by atoms with E-state index in [4.69, 9.17) is 5.11 Å². The van der Waals surface area contributed by atoms with Gasteiger partial charge in [-0.1, -0.05) is 6.58 Å². The van der Waals surface area contributed by atoms with Crippen molar-refractivity contribution in [3.8, 4) is 0 Å². The van der Waals surface area contributed by atoms with Crippen LogP contribution in [0.15, 0.2) is 18.8 Å². The molecule has 58 valence electrons. The first kappa shape index (κ1) is 7.79. The molecule has 1 heterocycles. The Balaban J connectivity index is 3.23. The fourth-order valence-electron chi connectivity index (χ4n) is 0.930. The Hall–Kier alpha value is -1.31. The van der Waals surface area contributed by atoms with Crippen molar-refractivity contribution in [2.45, 2.75) is 13.8 Å². The molecule has 0 unspecified atom stereocenters. The van der Waals surface area contributed by atoms with Gasteiger partial charge in [0.2, 0.25) is 0 Å². The van der Waals surface area contributed by atoms with Gasteiger partial charge in [-0.25, -0.2) is 0 Å². The average Bonchev–Trinajstić information content (AvgIpc) is 1.94. The molecule has 2 nitrogen and oxygen atoms in total. The van der Waals surface area contributed by atoms with Crippen LogP contribution < -0.4 is 0 Å². The molecule has 0 aliphatic carbocycles. The molecule has 1 aromatic rings. The molecule has 0 saturated carbocycles. The Bertz CT molecular complexity index is 292. The van der Waals surface area contributed by atoms with Crippen molar-refractivity contribution in [1.82, 2.24) is 4.98 Å². The van der Waals surface area contributed by atoms with Crippen LogP contribution >= 0.6 is 0 Å². The summed E-state index contributed by atoms with van der Waals surface area (Å²) in [5.41, 5.74) is 2.56. The topological polar surface area (TPSA) is 33.1 Å². The van der Waals surface area contributed by atoms with E-state index in [1.165, 1.54) is 0 Å². The minimum absolute atomic E-state index is 0.0821. The van der Waals surface area contributed by atoms with Gasteiger partial charge in [0.05, 0.1) is 0 Å². The lowest BCUT2D eigenvalue weighted by atomic mass is 10.1. The van der Waals surface area contributed by atoms with Crippen LogP contribution in [0.3, 0.4) is 0 Å². The van der Waals surface area contributed by atoms with Crippen LogP contribution in [0.25, 0.3) is 5.76 Å². The second kappa shape index (κ2) is 2.74. The number of nitrogens with zero attached hydrogens (tertiary/aromatic N) is 1. The number of aliphatic hydroxyl groups is 1. The summed E-state index contributed by atoms with van der Waals surface area (Å²) in [4.78, 5) is 4.08. The Morgan fingerprint density at radius 2 is 2.18 bits per heavy atom. The Kier molecular flexibility index (Phi) is 1.94. The smallest absolute Gasteiger partial charge is 0.117 e. The zero-order chi connectivity index (χ0) is 8.43. The maximum Gasteiger partial charge on any atom is 0.117 e. The third-order valence-corrected chi connectivity index (χ3v) is 1.53. The first-order valence-electron chi connectivity index (χ1n) is 3.42. The van der Waals surface area contributed by atoms with Crippen molar-refractivity contribution in [1.29, 1.82) is 0 Å². The van der Waals surface area contributed by atoms with Crippen molar-refractivity contribution in [3.63, 3.8) is 0 Å². The third kappa shape index (κ3) is 1.58. The molecule has 0 atom stereocenters. The summed E-state index contributed by atoms with van der Waals surface area (Å²) in [5.74, 6) is 0.0821. The fraction of sp³-hybridized carbons (Fsp3) is 0.222. The van der Waals surface area contributed by atoms with E-state index in [2.05, 4.69) is 11.6 Å². The monoisotopic (exact) mass is 149 g/mol. The van der Waals surface area contributed by atoms with Crippen LogP contribution in [0, 0.1) is 13.8 Å². The summed E-state index contributed by atoms with van der Waals surface area (Å²) in [5, 5.41) is 9.09. The maximum absolute atomic E-state index is 9.09. The second-order valence-corrected chi connectivity index (χ2v) is 2.59. The maximum atomic E-state index is 9.09. The first-order chi connectivity index (χ1) is 5.11. The molecule has 11 heavy (non-hydrogen) atoms. The number of rotatable bonds is 1. The van der Waals surface area contributed by atoms with E-state index < -0.39 is 0 Å². The van der Waals surface area contributed by atoms with Gasteiger partial charge < -0.3 is 5.11 Å². The minimum atomic E-state index is 0.0821. The molecule has 0 bridgehead atoms. The zero-order valence-corrected chi connectivity index (χ0v) is 6.76. The summed E-state index contributed by atoms with van der Waals surface area (Å²) in [6, 6.07) is 1.87. The lowest BCUT2D eigenvalue weighted by Gasteiger charge is -2.02. The number of aryl methyl sites for hydroxylation is 2. The van der Waals surface area contributed by atoms with Gasteiger partial charge in [-0.2, -0.15) is 0 Å². The molecule has 0 radical (unpaired) electrons. The van der Waals surface area contributed by atoms with Crippen LogP contribution in [-0.4, -0.2) is 10.1 Å². The van der Waals surface area contributed by atoms with Gasteiger partial charge in [0, 0.05) is 17.5 Å². The highest BCUT2D eigenvalue weighted by atomic mass is 16.3. The third-order valence-electron chi connectivity index (χ3n) is 1.53. The summed E-state index contributed by atoms with van der Waals surface area (Å²) >= 11 is 0. The molecular formula is C9H11NO. The predicted molar refractivity (Wildman–Crippen MR) is 45.4 cm³/mol. The van der Waals surface area contributed by atoms with Crippen molar-refractivity contribution >= 4 is 5.76 Å².